The molecule has 1 amide bonds. The zero-order valence-corrected chi connectivity index (χ0v) is 20.6. The minimum absolute atomic E-state index is 0.181. The van der Waals surface area contributed by atoms with Crippen molar-refractivity contribution in [1.29, 1.82) is 0 Å². The quantitative estimate of drug-likeness (QED) is 0.193. The van der Waals surface area contributed by atoms with E-state index in [2.05, 4.69) is 31.9 Å². The minimum Gasteiger partial charge on any atom is -0.457 e. The Bertz CT molecular complexity index is 1130. The molecular formula is C26H30F2N6O2. The summed E-state index contributed by atoms with van der Waals surface area (Å²) < 4.78 is 30.9. The number of carbonyl (C=O) groups is 1. The van der Waals surface area contributed by atoms with E-state index in [4.69, 9.17) is 10.5 Å². The molecule has 1 aliphatic carbocycles. The van der Waals surface area contributed by atoms with E-state index in [-0.39, 0.29) is 12.6 Å². The number of hydrogen-bond acceptors (Lipinski definition) is 7. The summed E-state index contributed by atoms with van der Waals surface area (Å²) in [6, 6.07) is -0.181. The second kappa shape index (κ2) is 14.4. The maximum absolute atomic E-state index is 13.0. The van der Waals surface area contributed by atoms with Gasteiger partial charge in [-0.3, -0.25) is 4.79 Å². The van der Waals surface area contributed by atoms with Crippen molar-refractivity contribution in [1.82, 2.24) is 15.0 Å². The summed E-state index contributed by atoms with van der Waals surface area (Å²) in [6.45, 7) is 4.17. The van der Waals surface area contributed by atoms with Crippen LogP contribution in [0.2, 0.25) is 0 Å². The third-order valence-electron chi connectivity index (χ3n) is 4.64. The highest BCUT2D eigenvalue weighted by Crippen LogP contribution is 2.15. The number of aliphatic imine (C=N–C) groups is 1. The standard InChI is InChI=1S/C26H30F2N6O2/c1-4-9-24(22-15-31-25(32-16-22)36-18-26(3,27)28)33-34(19-35)17-21(12-13-29)20(2)14-30-23-10-7-5-6-8-11-23/h4-5,7,9-10,14-16,19H,6,12-13,17-18,29H2,1-3H3/b9-4-,21-20+,30-14?,33-24+. The fourth-order valence-corrected chi connectivity index (χ4v) is 2.87. The third kappa shape index (κ3) is 10.1. The predicted octanol–water partition coefficient (Wildman–Crippen LogP) is 3.83. The van der Waals surface area contributed by atoms with E-state index in [0.29, 0.717) is 42.8 Å². The lowest BCUT2D eigenvalue weighted by Crippen LogP contribution is -2.23. The molecule has 0 aromatic carbocycles. The van der Waals surface area contributed by atoms with Gasteiger partial charge in [0.2, 0.25) is 6.41 Å². The SMILES string of the molecule is C/C=C\C(=N/N(C=O)C/C(CCN)=C(\C)C=NC1=CC=CCC#C1)c1cnc(OCC(C)(F)F)nc1. The number of allylic oxidation sites excluding steroid dienone is 7. The van der Waals surface area contributed by atoms with Crippen molar-refractivity contribution in [2.45, 2.75) is 39.5 Å². The lowest BCUT2D eigenvalue weighted by atomic mass is 10.1. The Kier molecular flexibility index (Phi) is 11.3. The molecule has 1 aliphatic rings. The van der Waals surface area contributed by atoms with E-state index in [0.717, 1.165) is 18.1 Å². The van der Waals surface area contributed by atoms with Crippen molar-refractivity contribution in [3.8, 4) is 17.9 Å². The van der Waals surface area contributed by atoms with Crippen LogP contribution in [0.15, 0.2) is 69.7 Å². The number of ether oxygens (including phenoxy) is 1. The lowest BCUT2D eigenvalue weighted by Gasteiger charge is -2.17. The largest absolute Gasteiger partial charge is 0.457 e. The Morgan fingerprint density at radius 3 is 2.75 bits per heavy atom. The second-order valence-corrected chi connectivity index (χ2v) is 7.87. The molecule has 0 atom stereocenters. The molecule has 0 fully saturated rings. The van der Waals surface area contributed by atoms with Crippen molar-refractivity contribution in [3.63, 3.8) is 0 Å². The van der Waals surface area contributed by atoms with Crippen LogP contribution in [0.4, 0.5) is 8.78 Å². The number of nitrogens with zero attached hydrogens (tertiary/aromatic N) is 5. The molecule has 1 heterocycles. The van der Waals surface area contributed by atoms with Crippen LogP contribution >= 0.6 is 0 Å². The van der Waals surface area contributed by atoms with Gasteiger partial charge in [0.15, 0.2) is 6.61 Å². The summed E-state index contributed by atoms with van der Waals surface area (Å²) in [5, 5.41) is 5.67. The molecule has 0 radical (unpaired) electrons. The van der Waals surface area contributed by atoms with E-state index >= 15 is 0 Å². The molecule has 2 N–H and O–H groups in total. The molecule has 0 saturated heterocycles. The van der Waals surface area contributed by atoms with Crippen molar-refractivity contribution in [2.24, 2.45) is 15.8 Å². The molecule has 0 saturated carbocycles. The number of halogens is 2. The number of carbonyl (C=O) groups excluding carboxylic acids is 1. The first-order chi connectivity index (χ1) is 17.3. The highest BCUT2D eigenvalue weighted by atomic mass is 19.3. The molecule has 0 bridgehead atoms. The summed E-state index contributed by atoms with van der Waals surface area (Å²) in [4.78, 5) is 24.2. The Morgan fingerprint density at radius 2 is 2.11 bits per heavy atom. The van der Waals surface area contributed by atoms with E-state index in [1.165, 1.54) is 17.4 Å². The highest BCUT2D eigenvalue weighted by molar-refractivity contribution is 6.08. The first-order valence-electron chi connectivity index (χ1n) is 11.3. The monoisotopic (exact) mass is 496 g/mol. The summed E-state index contributed by atoms with van der Waals surface area (Å²) in [7, 11) is 0. The lowest BCUT2D eigenvalue weighted by molar-refractivity contribution is -0.117. The zero-order valence-electron chi connectivity index (χ0n) is 20.6. The van der Waals surface area contributed by atoms with Gasteiger partial charge >= 0.3 is 6.01 Å². The number of hydrazone groups is 1. The van der Waals surface area contributed by atoms with Crippen LogP contribution in [0, 0.1) is 11.8 Å². The van der Waals surface area contributed by atoms with Crippen molar-refractivity contribution in [2.75, 3.05) is 19.7 Å². The first-order valence-corrected chi connectivity index (χ1v) is 11.3. The molecule has 2 rings (SSSR count). The second-order valence-electron chi connectivity index (χ2n) is 7.87. The average Bonchev–Trinajstić information content (AvgIpc) is 3.13. The van der Waals surface area contributed by atoms with Crippen molar-refractivity contribution in [3.05, 3.63) is 65.2 Å². The van der Waals surface area contributed by atoms with Crippen LogP contribution in [0.1, 0.15) is 39.2 Å². The highest BCUT2D eigenvalue weighted by Gasteiger charge is 2.22. The van der Waals surface area contributed by atoms with Gasteiger partial charge in [0.25, 0.3) is 5.92 Å². The number of aromatic nitrogens is 2. The molecule has 10 heteroatoms. The van der Waals surface area contributed by atoms with E-state index in [1.54, 1.807) is 25.3 Å². The van der Waals surface area contributed by atoms with Gasteiger partial charge in [0, 0.05) is 37.5 Å². The number of alkyl halides is 2. The van der Waals surface area contributed by atoms with Gasteiger partial charge in [-0.15, -0.1) is 0 Å². The smallest absolute Gasteiger partial charge is 0.316 e. The Balaban J connectivity index is 2.25. The normalized spacial score (nSPS) is 14.7. The van der Waals surface area contributed by atoms with Crippen molar-refractivity contribution >= 4 is 18.3 Å². The van der Waals surface area contributed by atoms with E-state index in [1.807, 2.05) is 25.2 Å². The maximum Gasteiger partial charge on any atom is 0.316 e. The van der Waals surface area contributed by atoms with Crippen LogP contribution < -0.4 is 10.5 Å². The molecule has 8 nitrogen and oxygen atoms in total. The number of rotatable bonds is 13. The van der Waals surface area contributed by atoms with Crippen LogP contribution in [0.3, 0.4) is 0 Å². The number of amides is 1. The summed E-state index contributed by atoms with van der Waals surface area (Å²) in [6.07, 6.45) is 15.4. The molecule has 0 unspecified atom stereocenters. The van der Waals surface area contributed by atoms with Crippen LogP contribution in [-0.2, 0) is 4.79 Å². The van der Waals surface area contributed by atoms with Crippen LogP contribution in [-0.4, -0.2) is 58.9 Å². The van der Waals surface area contributed by atoms with Crippen molar-refractivity contribution < 1.29 is 18.3 Å². The predicted molar refractivity (Wildman–Crippen MR) is 137 cm³/mol. The summed E-state index contributed by atoms with van der Waals surface area (Å²) in [5.41, 5.74) is 9.06. The summed E-state index contributed by atoms with van der Waals surface area (Å²) in [5.74, 6) is 2.98. The maximum atomic E-state index is 13.0. The van der Waals surface area contributed by atoms with Crippen LogP contribution in [0.25, 0.3) is 0 Å². The fraction of sp³-hybridized carbons (Fsp3) is 0.346. The Labute approximate surface area is 210 Å². The van der Waals surface area contributed by atoms with Gasteiger partial charge < -0.3 is 10.5 Å². The van der Waals surface area contributed by atoms with Gasteiger partial charge in [-0.25, -0.2) is 28.8 Å². The van der Waals surface area contributed by atoms with Gasteiger partial charge in [-0.1, -0.05) is 24.1 Å². The third-order valence-corrected chi connectivity index (χ3v) is 4.64. The zero-order chi connectivity index (χ0) is 26.4. The fourth-order valence-electron chi connectivity index (χ4n) is 2.87. The topological polar surface area (TPSA) is 106 Å². The number of hydrogen-bond donors (Lipinski definition) is 1. The number of nitrogens with two attached hydrogens (primary N) is 1. The minimum atomic E-state index is -3.00. The van der Waals surface area contributed by atoms with Gasteiger partial charge in [0.05, 0.1) is 12.3 Å². The molecule has 0 spiro atoms. The summed E-state index contributed by atoms with van der Waals surface area (Å²) >= 11 is 0. The first kappa shape index (κ1) is 28.3. The van der Waals surface area contributed by atoms with Gasteiger partial charge in [0.1, 0.15) is 5.70 Å². The molecule has 36 heavy (non-hydrogen) atoms. The van der Waals surface area contributed by atoms with Gasteiger partial charge in [-0.05, 0) is 56.0 Å². The van der Waals surface area contributed by atoms with Gasteiger partial charge in [-0.2, -0.15) is 5.10 Å². The molecule has 1 aromatic heterocycles. The van der Waals surface area contributed by atoms with E-state index < -0.39 is 12.5 Å². The van der Waals surface area contributed by atoms with E-state index in [9.17, 15) is 13.6 Å². The van der Waals surface area contributed by atoms with Crippen LogP contribution in [0.5, 0.6) is 6.01 Å². The molecule has 1 aromatic rings. The molecule has 0 aliphatic heterocycles. The Hall–Kier alpha value is -3.97. The molecular weight excluding hydrogens is 466 g/mol. The Morgan fingerprint density at radius 1 is 1.36 bits per heavy atom. The average molecular weight is 497 g/mol. The molecule has 190 valence electrons.